The second-order valence-corrected chi connectivity index (χ2v) is 7.56. The SMILES string of the molecule is CCCN(C(C)(CC)CN)S(=O)(=O)CCc1ccncc1. The summed E-state index contributed by atoms with van der Waals surface area (Å²) in [6.45, 7) is 6.73. The van der Waals surface area contributed by atoms with Gasteiger partial charge in [-0.2, -0.15) is 4.31 Å². The van der Waals surface area contributed by atoms with Crippen LogP contribution in [0, 0.1) is 0 Å². The summed E-state index contributed by atoms with van der Waals surface area (Å²) in [7, 11) is -3.33. The number of hydrogen-bond donors (Lipinski definition) is 1. The highest BCUT2D eigenvalue weighted by molar-refractivity contribution is 7.89. The maximum Gasteiger partial charge on any atom is 0.214 e. The Kier molecular flexibility index (Phi) is 6.77. The molecule has 5 nitrogen and oxygen atoms in total. The highest BCUT2D eigenvalue weighted by Gasteiger charge is 2.36. The largest absolute Gasteiger partial charge is 0.329 e. The van der Waals surface area contributed by atoms with Crippen molar-refractivity contribution in [3.63, 3.8) is 0 Å². The first-order chi connectivity index (χ1) is 9.89. The van der Waals surface area contributed by atoms with Crippen molar-refractivity contribution < 1.29 is 8.42 Å². The van der Waals surface area contributed by atoms with Crippen LogP contribution in [0.1, 0.15) is 39.2 Å². The predicted octanol–water partition coefficient (Wildman–Crippen LogP) is 1.79. The van der Waals surface area contributed by atoms with Crippen LogP contribution in [0.4, 0.5) is 0 Å². The molecule has 0 aliphatic rings. The van der Waals surface area contributed by atoms with Gasteiger partial charge in [-0.1, -0.05) is 13.8 Å². The number of aryl methyl sites for hydroxylation is 1. The second-order valence-electron chi connectivity index (χ2n) is 5.55. The van der Waals surface area contributed by atoms with E-state index in [0.717, 1.165) is 12.0 Å². The van der Waals surface area contributed by atoms with Gasteiger partial charge >= 0.3 is 0 Å². The summed E-state index contributed by atoms with van der Waals surface area (Å²) in [4.78, 5) is 3.94. The average Bonchev–Trinajstić information content (AvgIpc) is 2.51. The Hall–Kier alpha value is -0.980. The monoisotopic (exact) mass is 313 g/mol. The molecule has 0 fully saturated rings. The van der Waals surface area contributed by atoms with Crippen LogP contribution in [0.15, 0.2) is 24.5 Å². The van der Waals surface area contributed by atoms with Crippen LogP contribution < -0.4 is 5.73 Å². The third kappa shape index (κ3) is 4.76. The third-order valence-corrected chi connectivity index (χ3v) is 5.98. The highest BCUT2D eigenvalue weighted by Crippen LogP contribution is 2.23. The minimum absolute atomic E-state index is 0.104. The fourth-order valence-corrected chi connectivity index (χ4v) is 4.33. The fourth-order valence-electron chi connectivity index (χ4n) is 2.28. The number of nitrogens with two attached hydrogens (primary N) is 1. The van der Waals surface area contributed by atoms with Crippen molar-refractivity contribution in [2.45, 2.75) is 45.6 Å². The summed E-state index contributed by atoms with van der Waals surface area (Å²) in [6, 6.07) is 3.70. The summed E-state index contributed by atoms with van der Waals surface area (Å²) < 4.78 is 27.0. The minimum Gasteiger partial charge on any atom is -0.329 e. The average molecular weight is 313 g/mol. The van der Waals surface area contributed by atoms with Crippen LogP contribution in [-0.2, 0) is 16.4 Å². The van der Waals surface area contributed by atoms with Gasteiger partial charge in [0.25, 0.3) is 0 Å². The van der Waals surface area contributed by atoms with Gasteiger partial charge < -0.3 is 5.73 Å². The molecular formula is C15H27N3O2S. The van der Waals surface area contributed by atoms with Crippen molar-refractivity contribution in [3.05, 3.63) is 30.1 Å². The normalized spacial score (nSPS) is 15.1. The molecule has 0 saturated carbocycles. The van der Waals surface area contributed by atoms with E-state index >= 15 is 0 Å². The molecule has 1 aromatic rings. The Morgan fingerprint density at radius 2 is 1.90 bits per heavy atom. The summed E-state index contributed by atoms with van der Waals surface area (Å²) >= 11 is 0. The van der Waals surface area contributed by atoms with Crippen LogP contribution in [0.2, 0.25) is 0 Å². The smallest absolute Gasteiger partial charge is 0.214 e. The van der Waals surface area contributed by atoms with Crippen molar-refractivity contribution in [3.8, 4) is 0 Å². The first-order valence-electron chi connectivity index (χ1n) is 7.49. The van der Waals surface area contributed by atoms with Gasteiger partial charge in [-0.3, -0.25) is 4.98 Å². The maximum absolute atomic E-state index is 12.7. The van der Waals surface area contributed by atoms with Gasteiger partial charge in [-0.15, -0.1) is 0 Å². The molecule has 1 atom stereocenters. The Labute approximate surface area is 128 Å². The summed E-state index contributed by atoms with van der Waals surface area (Å²) in [5.41, 5.74) is 6.31. The molecule has 21 heavy (non-hydrogen) atoms. The summed E-state index contributed by atoms with van der Waals surface area (Å²) in [5.74, 6) is 0.104. The van der Waals surface area contributed by atoms with Crippen LogP contribution in [0.25, 0.3) is 0 Å². The molecule has 0 bridgehead atoms. The number of pyridine rings is 1. The molecule has 120 valence electrons. The van der Waals surface area contributed by atoms with Crippen LogP contribution >= 0.6 is 0 Å². The van der Waals surface area contributed by atoms with Gasteiger partial charge in [0.1, 0.15) is 0 Å². The molecule has 0 aromatic carbocycles. The van der Waals surface area contributed by atoms with E-state index in [1.54, 1.807) is 16.7 Å². The van der Waals surface area contributed by atoms with Gasteiger partial charge in [-0.25, -0.2) is 8.42 Å². The molecule has 6 heteroatoms. The Morgan fingerprint density at radius 1 is 1.29 bits per heavy atom. The first-order valence-corrected chi connectivity index (χ1v) is 9.10. The molecule has 0 amide bonds. The predicted molar refractivity (Wildman–Crippen MR) is 86.5 cm³/mol. The van der Waals surface area contributed by atoms with Gasteiger partial charge in [0.05, 0.1) is 5.75 Å². The second kappa shape index (κ2) is 7.87. The van der Waals surface area contributed by atoms with E-state index < -0.39 is 15.6 Å². The lowest BCUT2D eigenvalue weighted by Gasteiger charge is -2.39. The molecule has 1 heterocycles. The van der Waals surface area contributed by atoms with Gasteiger partial charge in [0, 0.05) is 31.0 Å². The molecule has 0 spiro atoms. The zero-order chi connectivity index (χ0) is 15.9. The summed E-state index contributed by atoms with van der Waals surface area (Å²) in [6.07, 6.45) is 5.35. The van der Waals surface area contributed by atoms with E-state index in [1.807, 2.05) is 32.9 Å². The number of nitrogens with zero attached hydrogens (tertiary/aromatic N) is 2. The van der Waals surface area contributed by atoms with Crippen LogP contribution in [-0.4, -0.2) is 42.1 Å². The van der Waals surface area contributed by atoms with E-state index in [0.29, 0.717) is 25.9 Å². The van der Waals surface area contributed by atoms with Crippen molar-refractivity contribution >= 4 is 10.0 Å². The molecule has 1 aromatic heterocycles. The van der Waals surface area contributed by atoms with E-state index in [-0.39, 0.29) is 5.75 Å². The lowest BCUT2D eigenvalue weighted by Crippen LogP contribution is -2.54. The molecule has 0 aliphatic heterocycles. The van der Waals surface area contributed by atoms with E-state index in [2.05, 4.69) is 4.98 Å². The molecule has 1 rings (SSSR count). The first kappa shape index (κ1) is 18.1. The zero-order valence-corrected chi connectivity index (χ0v) is 14.1. The molecule has 0 radical (unpaired) electrons. The van der Waals surface area contributed by atoms with E-state index in [1.165, 1.54) is 0 Å². The van der Waals surface area contributed by atoms with E-state index in [9.17, 15) is 8.42 Å². The zero-order valence-electron chi connectivity index (χ0n) is 13.2. The molecular weight excluding hydrogens is 286 g/mol. The number of aromatic nitrogens is 1. The Morgan fingerprint density at radius 3 is 2.38 bits per heavy atom. The highest BCUT2D eigenvalue weighted by atomic mass is 32.2. The van der Waals surface area contributed by atoms with Crippen molar-refractivity contribution in [1.82, 2.24) is 9.29 Å². The summed E-state index contributed by atoms with van der Waals surface area (Å²) in [5, 5.41) is 0. The topological polar surface area (TPSA) is 76.3 Å². The molecule has 0 saturated heterocycles. The van der Waals surface area contributed by atoms with Crippen molar-refractivity contribution in [2.24, 2.45) is 5.73 Å². The molecule has 0 aliphatic carbocycles. The van der Waals surface area contributed by atoms with Gasteiger partial charge in [0.15, 0.2) is 0 Å². The van der Waals surface area contributed by atoms with Gasteiger partial charge in [0.2, 0.25) is 10.0 Å². The molecule has 1 unspecified atom stereocenters. The Bertz CT molecular complexity index is 513. The maximum atomic E-state index is 12.7. The molecule has 2 N–H and O–H groups in total. The van der Waals surface area contributed by atoms with Gasteiger partial charge in [-0.05, 0) is 43.9 Å². The number of hydrogen-bond acceptors (Lipinski definition) is 4. The lowest BCUT2D eigenvalue weighted by atomic mass is 9.99. The number of rotatable bonds is 9. The Balaban J connectivity index is 2.90. The standard InChI is InChI=1S/C15H27N3O2S/c1-4-11-18(15(3,5-2)13-16)21(19,20)12-8-14-6-9-17-10-7-14/h6-7,9-10H,4-5,8,11-13,16H2,1-3H3. The third-order valence-electron chi connectivity index (χ3n) is 3.96. The van der Waals surface area contributed by atoms with E-state index in [4.69, 9.17) is 5.73 Å². The van der Waals surface area contributed by atoms with Crippen LogP contribution in [0.3, 0.4) is 0 Å². The number of sulfonamides is 1. The lowest BCUT2D eigenvalue weighted by molar-refractivity contribution is 0.206. The minimum atomic E-state index is -3.33. The quantitative estimate of drug-likeness (QED) is 0.754. The fraction of sp³-hybridized carbons (Fsp3) is 0.667. The van der Waals surface area contributed by atoms with Crippen molar-refractivity contribution in [2.75, 3.05) is 18.8 Å². The van der Waals surface area contributed by atoms with Crippen molar-refractivity contribution in [1.29, 1.82) is 0 Å². The van der Waals surface area contributed by atoms with Crippen LogP contribution in [0.5, 0.6) is 0 Å².